The highest BCUT2D eigenvalue weighted by Gasteiger charge is 1.89. The van der Waals surface area contributed by atoms with Gasteiger partial charge in [-0.25, -0.2) is 0 Å². The SMILES string of the molecule is CCCCCCCCCC#COC(C)=O. The number of unbranched alkanes of at least 4 members (excludes halogenated alkanes) is 7. The van der Waals surface area contributed by atoms with Crippen LogP contribution in [0.25, 0.3) is 0 Å². The summed E-state index contributed by atoms with van der Waals surface area (Å²) in [6.07, 6.45) is 12.2. The lowest BCUT2D eigenvalue weighted by molar-refractivity contribution is -0.134. The van der Waals surface area contributed by atoms with Crippen molar-refractivity contribution in [2.24, 2.45) is 0 Å². The molecule has 0 aliphatic heterocycles. The molecular weight excluding hydrogens is 188 g/mol. The molecule has 0 unspecified atom stereocenters. The minimum Gasteiger partial charge on any atom is -0.372 e. The van der Waals surface area contributed by atoms with E-state index in [-0.39, 0.29) is 5.97 Å². The molecule has 0 atom stereocenters. The molecule has 0 amide bonds. The molecule has 15 heavy (non-hydrogen) atoms. The Labute approximate surface area is 93.4 Å². The molecule has 0 rings (SSSR count). The van der Waals surface area contributed by atoms with E-state index in [1.54, 1.807) is 0 Å². The first-order chi connectivity index (χ1) is 7.27. The summed E-state index contributed by atoms with van der Waals surface area (Å²) in [5, 5.41) is 0. The van der Waals surface area contributed by atoms with E-state index in [0.29, 0.717) is 0 Å². The van der Waals surface area contributed by atoms with Gasteiger partial charge in [-0.1, -0.05) is 51.4 Å². The second kappa shape index (κ2) is 11.1. The van der Waals surface area contributed by atoms with E-state index in [1.165, 1.54) is 45.4 Å². The average Bonchev–Trinajstić information content (AvgIpc) is 2.20. The average molecular weight is 210 g/mol. The summed E-state index contributed by atoms with van der Waals surface area (Å²) >= 11 is 0. The van der Waals surface area contributed by atoms with Gasteiger partial charge in [0.2, 0.25) is 0 Å². The Morgan fingerprint density at radius 1 is 1.07 bits per heavy atom. The van der Waals surface area contributed by atoms with Gasteiger partial charge in [-0.15, -0.1) is 0 Å². The summed E-state index contributed by atoms with van der Waals surface area (Å²) in [6.45, 7) is 3.59. The molecule has 2 nitrogen and oxygen atoms in total. The van der Waals surface area contributed by atoms with Crippen molar-refractivity contribution < 1.29 is 9.53 Å². The fourth-order valence-electron chi connectivity index (χ4n) is 1.33. The highest BCUT2D eigenvalue weighted by molar-refractivity contribution is 5.67. The van der Waals surface area contributed by atoms with Crippen molar-refractivity contribution >= 4 is 5.97 Å². The van der Waals surface area contributed by atoms with Crippen LogP contribution in [0.5, 0.6) is 0 Å². The maximum atomic E-state index is 10.4. The Balaban J connectivity index is 3.09. The molecule has 86 valence electrons. The van der Waals surface area contributed by atoms with Crippen molar-refractivity contribution in [2.75, 3.05) is 0 Å². The van der Waals surface area contributed by atoms with Crippen LogP contribution in [0.1, 0.15) is 65.2 Å². The molecule has 0 fully saturated rings. The summed E-state index contributed by atoms with van der Waals surface area (Å²) < 4.78 is 4.50. The highest BCUT2D eigenvalue weighted by Crippen LogP contribution is 2.07. The topological polar surface area (TPSA) is 26.3 Å². The van der Waals surface area contributed by atoms with Gasteiger partial charge in [-0.3, -0.25) is 4.79 Å². The largest absolute Gasteiger partial charge is 0.372 e. The van der Waals surface area contributed by atoms with Crippen LogP contribution in [0.4, 0.5) is 0 Å². The van der Waals surface area contributed by atoms with Crippen molar-refractivity contribution in [3.05, 3.63) is 0 Å². The molecule has 2 heteroatoms. The number of esters is 1. The lowest BCUT2D eigenvalue weighted by Crippen LogP contribution is -1.89. The molecule has 0 aromatic heterocycles. The lowest BCUT2D eigenvalue weighted by Gasteiger charge is -1.97. The van der Waals surface area contributed by atoms with Gasteiger partial charge in [0, 0.05) is 13.3 Å². The third-order valence-corrected chi connectivity index (χ3v) is 2.17. The van der Waals surface area contributed by atoms with Gasteiger partial charge < -0.3 is 4.74 Å². The third-order valence-electron chi connectivity index (χ3n) is 2.17. The minimum atomic E-state index is -0.331. The molecular formula is C13H22O2. The maximum absolute atomic E-state index is 10.4. The van der Waals surface area contributed by atoms with E-state index in [1.807, 2.05) is 0 Å². The molecule has 0 aliphatic carbocycles. The summed E-state index contributed by atoms with van der Waals surface area (Å²) in [6, 6.07) is 0. The normalized spacial score (nSPS) is 9.20. The zero-order chi connectivity index (χ0) is 11.4. The smallest absolute Gasteiger partial charge is 0.316 e. The minimum absolute atomic E-state index is 0.331. The molecule has 0 spiro atoms. The van der Waals surface area contributed by atoms with Crippen LogP contribution in [-0.2, 0) is 9.53 Å². The molecule has 0 aliphatic rings. The van der Waals surface area contributed by atoms with Crippen molar-refractivity contribution in [1.29, 1.82) is 0 Å². The third kappa shape index (κ3) is 13.0. The van der Waals surface area contributed by atoms with E-state index in [2.05, 4.69) is 23.7 Å². The van der Waals surface area contributed by atoms with Crippen molar-refractivity contribution in [2.45, 2.75) is 65.2 Å². The maximum Gasteiger partial charge on any atom is 0.316 e. The van der Waals surface area contributed by atoms with Gasteiger partial charge in [0.25, 0.3) is 0 Å². The number of hydrogen-bond donors (Lipinski definition) is 0. The van der Waals surface area contributed by atoms with E-state index in [9.17, 15) is 4.79 Å². The number of ether oxygens (including phenoxy) is 1. The van der Waals surface area contributed by atoms with Crippen molar-refractivity contribution in [3.8, 4) is 12.0 Å². The van der Waals surface area contributed by atoms with Crippen molar-refractivity contribution in [1.82, 2.24) is 0 Å². The molecule has 0 heterocycles. The van der Waals surface area contributed by atoms with Crippen LogP contribution < -0.4 is 0 Å². The Bertz CT molecular complexity index is 210. The molecule has 0 aromatic rings. The first kappa shape index (κ1) is 14.0. The van der Waals surface area contributed by atoms with Crippen LogP contribution in [0.3, 0.4) is 0 Å². The molecule has 0 bridgehead atoms. The lowest BCUT2D eigenvalue weighted by atomic mass is 10.1. The number of hydrogen-bond acceptors (Lipinski definition) is 2. The standard InChI is InChI=1S/C13H22O2/c1-3-4-5-6-7-8-9-10-11-12-15-13(2)14/h3-10H2,1-2H3. The van der Waals surface area contributed by atoms with E-state index in [0.717, 1.165) is 12.8 Å². The van der Waals surface area contributed by atoms with Gasteiger partial charge >= 0.3 is 5.97 Å². The van der Waals surface area contributed by atoms with E-state index >= 15 is 0 Å². The predicted octanol–water partition coefficient (Wildman–Crippen LogP) is 3.65. The Kier molecular flexibility index (Phi) is 10.4. The fraction of sp³-hybridized carbons (Fsp3) is 0.769. The second-order valence-electron chi connectivity index (χ2n) is 3.74. The predicted molar refractivity (Wildman–Crippen MR) is 62.2 cm³/mol. The molecule has 0 saturated carbocycles. The zero-order valence-electron chi connectivity index (χ0n) is 9.97. The summed E-state index contributed by atoms with van der Waals surface area (Å²) in [5.74, 6) is 2.49. The fourth-order valence-corrected chi connectivity index (χ4v) is 1.33. The van der Waals surface area contributed by atoms with Crippen LogP contribution >= 0.6 is 0 Å². The van der Waals surface area contributed by atoms with Gasteiger partial charge in [0.15, 0.2) is 0 Å². The van der Waals surface area contributed by atoms with E-state index in [4.69, 9.17) is 0 Å². The van der Waals surface area contributed by atoms with Gasteiger partial charge in [-0.05, 0) is 6.42 Å². The van der Waals surface area contributed by atoms with E-state index < -0.39 is 0 Å². The molecule has 0 radical (unpaired) electrons. The van der Waals surface area contributed by atoms with Crippen molar-refractivity contribution in [3.63, 3.8) is 0 Å². The molecule has 0 saturated heterocycles. The zero-order valence-corrected chi connectivity index (χ0v) is 9.97. The second-order valence-corrected chi connectivity index (χ2v) is 3.74. The van der Waals surface area contributed by atoms with Gasteiger partial charge in [0.05, 0.1) is 0 Å². The monoisotopic (exact) mass is 210 g/mol. The van der Waals surface area contributed by atoms with Crippen LogP contribution in [0, 0.1) is 12.0 Å². The Morgan fingerprint density at radius 3 is 2.27 bits per heavy atom. The number of carbonyl (C=O) groups excluding carboxylic acids is 1. The quantitative estimate of drug-likeness (QED) is 0.364. The molecule has 0 aromatic carbocycles. The Hall–Kier alpha value is -0.970. The Morgan fingerprint density at radius 2 is 1.67 bits per heavy atom. The highest BCUT2D eigenvalue weighted by atomic mass is 16.5. The van der Waals surface area contributed by atoms with Gasteiger partial charge in [-0.2, -0.15) is 0 Å². The summed E-state index contributed by atoms with van der Waals surface area (Å²) in [7, 11) is 0. The number of rotatable bonds is 7. The first-order valence-corrected chi connectivity index (χ1v) is 5.92. The van der Waals surface area contributed by atoms with Crippen LogP contribution in [0.15, 0.2) is 0 Å². The molecule has 0 N–H and O–H groups in total. The summed E-state index contributed by atoms with van der Waals surface area (Å²) in [4.78, 5) is 10.4. The van der Waals surface area contributed by atoms with Crippen LogP contribution in [0.2, 0.25) is 0 Å². The van der Waals surface area contributed by atoms with Gasteiger partial charge in [0.1, 0.15) is 6.11 Å². The number of carbonyl (C=O) groups is 1. The first-order valence-electron chi connectivity index (χ1n) is 5.92. The van der Waals surface area contributed by atoms with Crippen LogP contribution in [-0.4, -0.2) is 5.97 Å². The summed E-state index contributed by atoms with van der Waals surface area (Å²) in [5.41, 5.74) is 0.